The Balaban J connectivity index is 3.21. The van der Waals surface area contributed by atoms with Gasteiger partial charge in [0.25, 0.3) is 0 Å². The van der Waals surface area contributed by atoms with Crippen LogP contribution in [0.5, 0.6) is 0 Å². The summed E-state index contributed by atoms with van der Waals surface area (Å²) in [6.07, 6.45) is -0.690. The van der Waals surface area contributed by atoms with Crippen molar-refractivity contribution in [2.45, 2.75) is 36.2 Å². The molecule has 118 valence electrons. The van der Waals surface area contributed by atoms with Gasteiger partial charge in [-0.15, -0.1) is 0 Å². The second-order valence-electron chi connectivity index (χ2n) is 4.45. The van der Waals surface area contributed by atoms with Crippen LogP contribution in [0.1, 0.15) is 6.92 Å². The number of hydrogen-bond acceptors (Lipinski definition) is 2. The van der Waals surface area contributed by atoms with Crippen molar-refractivity contribution in [1.82, 2.24) is 0 Å². The molecule has 0 aliphatic carbocycles. The summed E-state index contributed by atoms with van der Waals surface area (Å²) in [5.74, 6) is -23.8. The first kappa shape index (κ1) is 17.2. The van der Waals surface area contributed by atoms with Crippen molar-refractivity contribution < 1.29 is 45.0 Å². The van der Waals surface area contributed by atoms with Crippen LogP contribution >= 0.6 is 0 Å². The summed E-state index contributed by atoms with van der Waals surface area (Å²) in [7, 11) is 0. The number of ether oxygens (including phenoxy) is 1. The molecule has 10 heteroatoms. The molecular formula is C10H10F8O2. The molecule has 2 nitrogen and oxygen atoms in total. The molecule has 1 aliphatic rings. The van der Waals surface area contributed by atoms with Crippen LogP contribution in [0, 0.1) is 0 Å². The van der Waals surface area contributed by atoms with E-state index in [1.54, 1.807) is 0 Å². The number of halogens is 8. The fraction of sp³-hybridized carbons (Fsp3) is 0.800. The monoisotopic (exact) mass is 314 g/mol. The molecule has 1 heterocycles. The van der Waals surface area contributed by atoms with E-state index < -0.39 is 48.6 Å². The van der Waals surface area contributed by atoms with Crippen molar-refractivity contribution in [2.24, 2.45) is 0 Å². The smallest absolute Gasteiger partial charge is 0.382 e. The van der Waals surface area contributed by atoms with Crippen molar-refractivity contribution in [3.05, 3.63) is 12.2 Å². The number of epoxide rings is 1. The predicted octanol–water partition coefficient (Wildman–Crippen LogP) is 2.87. The van der Waals surface area contributed by atoms with E-state index in [0.717, 1.165) is 0 Å². The predicted molar refractivity (Wildman–Crippen MR) is 50.4 cm³/mol. The zero-order chi connectivity index (χ0) is 16.0. The Hall–Kier alpha value is -0.900. The summed E-state index contributed by atoms with van der Waals surface area (Å²) in [6, 6.07) is 0. The normalized spacial score (nSPS) is 25.3. The summed E-state index contributed by atoms with van der Waals surface area (Å²) in [6.45, 7) is -1.68. The van der Waals surface area contributed by atoms with E-state index in [9.17, 15) is 35.1 Å². The van der Waals surface area contributed by atoms with Crippen LogP contribution in [-0.4, -0.2) is 47.6 Å². The lowest BCUT2D eigenvalue weighted by molar-refractivity contribution is -0.366. The molecule has 1 fully saturated rings. The third-order valence-electron chi connectivity index (χ3n) is 2.88. The summed E-state index contributed by atoms with van der Waals surface area (Å²) in [5.41, 5.74) is -2.92. The van der Waals surface area contributed by atoms with Crippen LogP contribution in [0.4, 0.5) is 35.1 Å². The van der Waals surface area contributed by atoms with Gasteiger partial charge in [0.2, 0.25) is 0 Å². The summed E-state index contributed by atoms with van der Waals surface area (Å²) < 4.78 is 110. The number of alkyl halides is 8. The van der Waals surface area contributed by atoms with E-state index in [2.05, 4.69) is 4.74 Å². The molecule has 0 aromatic rings. The molecule has 0 amide bonds. The van der Waals surface area contributed by atoms with Crippen LogP contribution < -0.4 is 0 Å². The van der Waals surface area contributed by atoms with Gasteiger partial charge in [0.05, 0.1) is 13.2 Å². The maximum Gasteiger partial charge on any atom is 0.382 e. The molecule has 0 saturated carbocycles. The molecule has 0 aromatic heterocycles. The number of hydrogen-bond donors (Lipinski definition) is 1. The van der Waals surface area contributed by atoms with E-state index in [0.29, 0.717) is 6.92 Å². The molecule has 1 unspecified atom stereocenters. The quantitative estimate of drug-likeness (QED) is 0.464. The van der Waals surface area contributed by atoms with E-state index in [1.807, 2.05) is 0 Å². The number of aliphatic hydroxyl groups is 1. The largest absolute Gasteiger partial charge is 0.392 e. The summed E-state index contributed by atoms with van der Waals surface area (Å²) in [4.78, 5) is 0. The minimum Gasteiger partial charge on any atom is -0.392 e. The Kier molecular flexibility index (Phi) is 3.90. The van der Waals surface area contributed by atoms with E-state index >= 15 is 0 Å². The first-order valence-corrected chi connectivity index (χ1v) is 5.20. The Morgan fingerprint density at radius 1 is 1.05 bits per heavy atom. The van der Waals surface area contributed by atoms with Gasteiger partial charge in [-0.05, 0) is 13.0 Å². The van der Waals surface area contributed by atoms with Gasteiger partial charge >= 0.3 is 23.7 Å². The Morgan fingerprint density at radius 3 is 1.85 bits per heavy atom. The minimum atomic E-state index is -6.37. The standard InChI is InChI=1S/C10H10F8O2/c1-6(5-20-6)8(13,14)10(17,18)9(15,16)7(11,12)3-2-4-19/h2-3,19H,4-5H2,1H3/b3-2+. The lowest BCUT2D eigenvalue weighted by Crippen LogP contribution is -2.65. The van der Waals surface area contributed by atoms with E-state index in [4.69, 9.17) is 5.11 Å². The highest BCUT2D eigenvalue weighted by molar-refractivity contribution is 5.17. The van der Waals surface area contributed by atoms with Gasteiger partial charge in [0.1, 0.15) is 0 Å². The van der Waals surface area contributed by atoms with Crippen LogP contribution in [-0.2, 0) is 4.74 Å². The van der Waals surface area contributed by atoms with Gasteiger partial charge < -0.3 is 9.84 Å². The molecule has 1 saturated heterocycles. The molecule has 0 aromatic carbocycles. The maximum atomic E-state index is 13.4. The van der Waals surface area contributed by atoms with Gasteiger partial charge in [-0.25, -0.2) is 0 Å². The van der Waals surface area contributed by atoms with E-state index in [1.165, 1.54) is 0 Å². The van der Waals surface area contributed by atoms with Crippen LogP contribution in [0.15, 0.2) is 12.2 Å². The fourth-order valence-corrected chi connectivity index (χ4v) is 1.33. The van der Waals surface area contributed by atoms with Crippen molar-refractivity contribution in [1.29, 1.82) is 0 Å². The third kappa shape index (κ3) is 2.18. The lowest BCUT2D eigenvalue weighted by atomic mass is 9.90. The molecule has 0 radical (unpaired) electrons. The second-order valence-corrected chi connectivity index (χ2v) is 4.45. The van der Waals surface area contributed by atoms with Crippen LogP contribution in [0.3, 0.4) is 0 Å². The first-order chi connectivity index (χ1) is 8.77. The average Bonchev–Trinajstić information content (AvgIpc) is 3.05. The molecule has 0 bridgehead atoms. The summed E-state index contributed by atoms with van der Waals surface area (Å²) in [5, 5.41) is 8.18. The van der Waals surface area contributed by atoms with Gasteiger partial charge in [-0.2, -0.15) is 35.1 Å². The third-order valence-corrected chi connectivity index (χ3v) is 2.88. The molecule has 1 N–H and O–H groups in total. The Morgan fingerprint density at radius 2 is 1.50 bits per heavy atom. The van der Waals surface area contributed by atoms with Gasteiger partial charge in [0.15, 0.2) is 5.60 Å². The van der Waals surface area contributed by atoms with Gasteiger partial charge in [-0.3, -0.25) is 0 Å². The van der Waals surface area contributed by atoms with Crippen molar-refractivity contribution in [2.75, 3.05) is 13.2 Å². The van der Waals surface area contributed by atoms with Crippen molar-refractivity contribution >= 4 is 0 Å². The first-order valence-electron chi connectivity index (χ1n) is 5.20. The number of rotatable bonds is 6. The topological polar surface area (TPSA) is 32.8 Å². The number of allylic oxidation sites excluding steroid dienone is 1. The Labute approximate surface area is 108 Å². The lowest BCUT2D eigenvalue weighted by Gasteiger charge is -2.37. The fourth-order valence-electron chi connectivity index (χ4n) is 1.33. The highest BCUT2D eigenvalue weighted by atomic mass is 19.4. The molecule has 1 atom stereocenters. The maximum absolute atomic E-state index is 13.4. The van der Waals surface area contributed by atoms with Crippen molar-refractivity contribution in [3.8, 4) is 0 Å². The molecule has 0 spiro atoms. The van der Waals surface area contributed by atoms with E-state index in [-0.39, 0.29) is 6.08 Å². The SMILES string of the molecule is CC1(C(F)(F)C(F)(F)C(F)(F)C(F)(F)/C=C/CO)CO1. The molecule has 1 rings (SSSR count). The molecular weight excluding hydrogens is 304 g/mol. The van der Waals surface area contributed by atoms with Crippen molar-refractivity contribution in [3.63, 3.8) is 0 Å². The highest BCUT2D eigenvalue weighted by Gasteiger charge is 2.85. The van der Waals surface area contributed by atoms with Gasteiger partial charge in [-0.1, -0.05) is 6.08 Å². The summed E-state index contributed by atoms with van der Waals surface area (Å²) >= 11 is 0. The molecule has 1 aliphatic heterocycles. The second kappa shape index (κ2) is 4.55. The molecule has 20 heavy (non-hydrogen) atoms. The minimum absolute atomic E-state index is 0.0530. The van der Waals surface area contributed by atoms with Gasteiger partial charge in [0, 0.05) is 0 Å². The Bertz CT molecular complexity index is 400. The highest BCUT2D eigenvalue weighted by Crippen LogP contribution is 2.59. The van der Waals surface area contributed by atoms with Crippen LogP contribution in [0.25, 0.3) is 0 Å². The van der Waals surface area contributed by atoms with Crippen LogP contribution in [0.2, 0.25) is 0 Å². The zero-order valence-corrected chi connectivity index (χ0v) is 9.95. The average molecular weight is 314 g/mol. The number of aliphatic hydroxyl groups excluding tert-OH is 1. The zero-order valence-electron chi connectivity index (χ0n) is 9.95.